The third-order valence-electron chi connectivity index (χ3n) is 5.26. The smallest absolute Gasteiger partial charge is 0.110 e. The van der Waals surface area contributed by atoms with Crippen LogP contribution in [0.4, 0.5) is 0 Å². The number of thiazole rings is 1. The van der Waals surface area contributed by atoms with Crippen molar-refractivity contribution in [2.75, 3.05) is 19.6 Å². The van der Waals surface area contributed by atoms with Gasteiger partial charge in [0.05, 0.1) is 6.04 Å². The average molecular weight is 308 g/mol. The third kappa shape index (κ3) is 3.49. The first-order valence-corrected chi connectivity index (χ1v) is 9.48. The van der Waals surface area contributed by atoms with Gasteiger partial charge in [-0.2, -0.15) is 0 Å². The van der Waals surface area contributed by atoms with Crippen LogP contribution in [0.1, 0.15) is 68.3 Å². The van der Waals surface area contributed by atoms with Crippen LogP contribution in [0.5, 0.6) is 0 Å². The van der Waals surface area contributed by atoms with E-state index in [1.54, 1.807) is 0 Å². The summed E-state index contributed by atoms with van der Waals surface area (Å²) < 4.78 is 0. The molecule has 1 spiro atoms. The van der Waals surface area contributed by atoms with Gasteiger partial charge in [-0.3, -0.25) is 4.90 Å². The summed E-state index contributed by atoms with van der Waals surface area (Å²) in [7, 11) is 0. The fourth-order valence-electron chi connectivity index (χ4n) is 3.89. The fourth-order valence-corrected chi connectivity index (χ4v) is 4.83. The summed E-state index contributed by atoms with van der Waals surface area (Å²) in [6.45, 7) is 8.16. The van der Waals surface area contributed by atoms with Gasteiger partial charge in [0.15, 0.2) is 0 Å². The van der Waals surface area contributed by atoms with Gasteiger partial charge in [0.25, 0.3) is 0 Å². The monoisotopic (exact) mass is 307 g/mol. The van der Waals surface area contributed by atoms with Gasteiger partial charge < -0.3 is 5.32 Å². The summed E-state index contributed by atoms with van der Waals surface area (Å²) in [5.41, 5.74) is 0.383. The minimum atomic E-state index is 0.383. The molecule has 1 saturated carbocycles. The van der Waals surface area contributed by atoms with Crippen molar-refractivity contribution in [2.24, 2.45) is 0 Å². The lowest BCUT2D eigenvalue weighted by Crippen LogP contribution is -2.52. The maximum atomic E-state index is 4.68. The van der Waals surface area contributed by atoms with Gasteiger partial charge >= 0.3 is 0 Å². The Kier molecular flexibility index (Phi) is 4.97. The number of nitrogens with zero attached hydrogens (tertiary/aromatic N) is 2. The first-order valence-electron chi connectivity index (χ1n) is 8.66. The van der Waals surface area contributed by atoms with Gasteiger partial charge in [0.1, 0.15) is 5.01 Å². The Morgan fingerprint density at radius 1 is 1.33 bits per heavy atom. The van der Waals surface area contributed by atoms with E-state index in [-0.39, 0.29) is 0 Å². The minimum absolute atomic E-state index is 0.383. The molecule has 0 aromatic carbocycles. The largest absolute Gasteiger partial charge is 0.310 e. The molecule has 1 aliphatic heterocycles. The molecule has 4 heteroatoms. The van der Waals surface area contributed by atoms with Crippen LogP contribution in [0.15, 0.2) is 6.20 Å². The van der Waals surface area contributed by atoms with Gasteiger partial charge in [0, 0.05) is 29.7 Å². The standard InChI is InChI=1S/C17H29N3S/c1-3-15-12-18-16(21-15)14(2)20-11-7-10-19-17(13-20)8-5-4-6-9-17/h12,14,19H,3-11,13H2,1-2H3. The van der Waals surface area contributed by atoms with E-state index >= 15 is 0 Å². The first kappa shape index (κ1) is 15.4. The number of aryl methyl sites for hydroxylation is 1. The van der Waals surface area contributed by atoms with Crippen molar-refractivity contribution in [3.8, 4) is 0 Å². The molecule has 3 nitrogen and oxygen atoms in total. The van der Waals surface area contributed by atoms with Crippen LogP contribution in [0.2, 0.25) is 0 Å². The summed E-state index contributed by atoms with van der Waals surface area (Å²) in [4.78, 5) is 8.78. The Morgan fingerprint density at radius 3 is 2.86 bits per heavy atom. The van der Waals surface area contributed by atoms with Gasteiger partial charge in [-0.25, -0.2) is 4.98 Å². The molecule has 2 fully saturated rings. The number of aromatic nitrogens is 1. The molecule has 21 heavy (non-hydrogen) atoms. The topological polar surface area (TPSA) is 28.2 Å². The molecule has 1 unspecified atom stereocenters. The molecule has 0 radical (unpaired) electrons. The summed E-state index contributed by atoms with van der Waals surface area (Å²) >= 11 is 1.90. The highest BCUT2D eigenvalue weighted by atomic mass is 32.1. The summed E-state index contributed by atoms with van der Waals surface area (Å²) in [6, 6.07) is 0.467. The molecule has 0 amide bonds. The van der Waals surface area contributed by atoms with Crippen LogP contribution in [-0.4, -0.2) is 35.1 Å². The predicted molar refractivity (Wildman–Crippen MR) is 89.9 cm³/mol. The molecule has 3 rings (SSSR count). The molecule has 1 aliphatic carbocycles. The summed E-state index contributed by atoms with van der Waals surface area (Å²) in [6.07, 6.45) is 11.4. The normalized spacial score (nSPS) is 24.9. The van der Waals surface area contributed by atoms with E-state index < -0.39 is 0 Å². The highest BCUT2D eigenvalue weighted by Gasteiger charge is 2.36. The van der Waals surface area contributed by atoms with Crippen LogP contribution in [-0.2, 0) is 6.42 Å². The van der Waals surface area contributed by atoms with Gasteiger partial charge in [-0.15, -0.1) is 11.3 Å². The van der Waals surface area contributed by atoms with E-state index in [9.17, 15) is 0 Å². The molecule has 2 heterocycles. The summed E-state index contributed by atoms with van der Waals surface area (Å²) in [5.74, 6) is 0. The second-order valence-corrected chi connectivity index (χ2v) is 7.93. The molecule has 118 valence electrons. The molecule has 1 aromatic rings. The molecule has 1 aromatic heterocycles. The van der Waals surface area contributed by atoms with Crippen molar-refractivity contribution in [3.63, 3.8) is 0 Å². The van der Waals surface area contributed by atoms with E-state index in [0.717, 1.165) is 6.42 Å². The maximum absolute atomic E-state index is 4.68. The van der Waals surface area contributed by atoms with Crippen molar-refractivity contribution >= 4 is 11.3 Å². The minimum Gasteiger partial charge on any atom is -0.310 e. The number of rotatable bonds is 3. The van der Waals surface area contributed by atoms with E-state index in [0.29, 0.717) is 11.6 Å². The van der Waals surface area contributed by atoms with Gasteiger partial charge in [-0.1, -0.05) is 26.2 Å². The van der Waals surface area contributed by atoms with Gasteiger partial charge in [-0.05, 0) is 39.2 Å². The second kappa shape index (κ2) is 6.76. The molecular formula is C17H29N3S. The Bertz CT molecular complexity index is 451. The average Bonchev–Trinajstić information content (AvgIpc) is 2.91. The van der Waals surface area contributed by atoms with Crippen molar-refractivity contribution in [2.45, 2.75) is 70.4 Å². The lowest BCUT2D eigenvalue weighted by molar-refractivity contribution is 0.134. The lowest BCUT2D eigenvalue weighted by Gasteiger charge is -2.41. The quantitative estimate of drug-likeness (QED) is 0.921. The zero-order valence-electron chi connectivity index (χ0n) is 13.5. The van der Waals surface area contributed by atoms with Crippen LogP contribution < -0.4 is 5.32 Å². The highest BCUT2D eigenvalue weighted by Crippen LogP contribution is 2.34. The molecule has 0 bridgehead atoms. The Labute approximate surface area is 133 Å². The van der Waals surface area contributed by atoms with E-state index in [1.165, 1.54) is 68.0 Å². The Morgan fingerprint density at radius 2 is 2.14 bits per heavy atom. The van der Waals surface area contributed by atoms with E-state index in [4.69, 9.17) is 0 Å². The van der Waals surface area contributed by atoms with Crippen LogP contribution in [0.3, 0.4) is 0 Å². The van der Waals surface area contributed by atoms with Gasteiger partial charge in [0.2, 0.25) is 0 Å². The van der Waals surface area contributed by atoms with Crippen molar-refractivity contribution in [1.29, 1.82) is 0 Å². The highest BCUT2D eigenvalue weighted by molar-refractivity contribution is 7.11. The second-order valence-electron chi connectivity index (χ2n) is 6.79. The molecule has 1 saturated heterocycles. The number of nitrogens with one attached hydrogen (secondary N) is 1. The summed E-state index contributed by atoms with van der Waals surface area (Å²) in [5, 5.41) is 5.20. The fraction of sp³-hybridized carbons (Fsp3) is 0.824. The Balaban J connectivity index is 1.73. The van der Waals surface area contributed by atoms with Crippen molar-refractivity contribution < 1.29 is 0 Å². The third-order valence-corrected chi connectivity index (χ3v) is 6.58. The zero-order valence-corrected chi connectivity index (χ0v) is 14.3. The van der Waals surface area contributed by atoms with E-state index in [1.807, 2.05) is 11.3 Å². The van der Waals surface area contributed by atoms with Crippen LogP contribution in [0, 0.1) is 0 Å². The van der Waals surface area contributed by atoms with Crippen molar-refractivity contribution in [3.05, 3.63) is 16.1 Å². The molecular weight excluding hydrogens is 278 g/mol. The predicted octanol–water partition coefficient (Wildman–Crippen LogP) is 3.76. The molecule has 1 atom stereocenters. The van der Waals surface area contributed by atoms with Crippen LogP contribution in [0.25, 0.3) is 0 Å². The number of hydrogen-bond donors (Lipinski definition) is 1. The molecule has 1 N–H and O–H groups in total. The van der Waals surface area contributed by atoms with Crippen LogP contribution >= 0.6 is 11.3 Å². The maximum Gasteiger partial charge on any atom is 0.110 e. The van der Waals surface area contributed by atoms with E-state index in [2.05, 4.69) is 35.2 Å². The number of hydrogen-bond acceptors (Lipinski definition) is 4. The van der Waals surface area contributed by atoms with Crippen molar-refractivity contribution in [1.82, 2.24) is 15.2 Å². The zero-order chi connectivity index (χ0) is 14.7. The SMILES string of the molecule is CCc1cnc(C(C)N2CCCNC3(CCCCC3)C2)s1. The first-order chi connectivity index (χ1) is 10.2. The molecule has 2 aliphatic rings. The Hall–Kier alpha value is -0.450. The lowest BCUT2D eigenvalue weighted by atomic mass is 9.81.